The first-order chi connectivity index (χ1) is 13.3. The van der Waals surface area contributed by atoms with Crippen molar-refractivity contribution < 1.29 is 19.1 Å². The van der Waals surface area contributed by atoms with Crippen molar-refractivity contribution in [1.82, 2.24) is 0 Å². The summed E-state index contributed by atoms with van der Waals surface area (Å²) < 4.78 is 4.76. The van der Waals surface area contributed by atoms with Gasteiger partial charge in [-0.3, -0.25) is 9.59 Å². The second kappa shape index (κ2) is 8.14. The number of thiophene rings is 1. The van der Waals surface area contributed by atoms with Gasteiger partial charge in [-0.15, -0.1) is 11.3 Å². The number of aryl methyl sites for hydroxylation is 1. The molecule has 3 rings (SSSR count). The SMILES string of the molecule is COC(=O)c1ccc(N(C(=O)c2ccc(NC(=O)C3CC3)s2)C(C)C)c(C)c1. The normalized spacial score (nSPS) is 13.3. The van der Waals surface area contributed by atoms with Gasteiger partial charge in [-0.05, 0) is 69.5 Å². The Kier molecular flexibility index (Phi) is 5.84. The summed E-state index contributed by atoms with van der Waals surface area (Å²) in [5, 5.41) is 3.56. The number of carbonyl (C=O) groups is 3. The molecular weight excluding hydrogens is 376 g/mol. The molecule has 2 amide bonds. The van der Waals surface area contributed by atoms with E-state index in [4.69, 9.17) is 4.74 Å². The summed E-state index contributed by atoms with van der Waals surface area (Å²) in [5.41, 5.74) is 1.99. The molecule has 0 radical (unpaired) electrons. The molecule has 1 saturated carbocycles. The van der Waals surface area contributed by atoms with Gasteiger partial charge >= 0.3 is 5.97 Å². The molecule has 28 heavy (non-hydrogen) atoms. The third-order valence-electron chi connectivity index (χ3n) is 4.62. The molecule has 0 unspecified atom stereocenters. The first kappa shape index (κ1) is 20.1. The lowest BCUT2D eigenvalue weighted by Crippen LogP contribution is -2.37. The summed E-state index contributed by atoms with van der Waals surface area (Å²) in [7, 11) is 1.34. The highest BCUT2D eigenvalue weighted by Crippen LogP contribution is 2.33. The van der Waals surface area contributed by atoms with Crippen molar-refractivity contribution in [2.45, 2.75) is 39.7 Å². The van der Waals surface area contributed by atoms with Crippen molar-refractivity contribution in [3.8, 4) is 0 Å². The molecule has 7 heteroatoms. The van der Waals surface area contributed by atoms with E-state index in [9.17, 15) is 14.4 Å². The number of hydrogen-bond donors (Lipinski definition) is 1. The van der Waals surface area contributed by atoms with Gasteiger partial charge in [-0.25, -0.2) is 4.79 Å². The van der Waals surface area contributed by atoms with Gasteiger partial charge in [0, 0.05) is 17.6 Å². The average Bonchev–Trinajstić information content (AvgIpc) is 3.41. The maximum atomic E-state index is 13.2. The molecule has 0 saturated heterocycles. The predicted octanol–water partition coefficient (Wildman–Crippen LogP) is 4.25. The molecule has 0 bridgehead atoms. The number of nitrogens with zero attached hydrogens (tertiary/aromatic N) is 1. The number of anilines is 2. The fourth-order valence-electron chi connectivity index (χ4n) is 3.00. The van der Waals surface area contributed by atoms with Gasteiger partial charge in [-0.2, -0.15) is 0 Å². The molecule has 2 aromatic rings. The Bertz CT molecular complexity index is 915. The lowest BCUT2D eigenvalue weighted by molar-refractivity contribution is -0.117. The summed E-state index contributed by atoms with van der Waals surface area (Å²) in [4.78, 5) is 39.1. The van der Waals surface area contributed by atoms with Gasteiger partial charge in [0.15, 0.2) is 0 Å². The van der Waals surface area contributed by atoms with Crippen LogP contribution in [0.2, 0.25) is 0 Å². The molecule has 1 aromatic carbocycles. The van der Waals surface area contributed by atoms with Crippen molar-refractivity contribution in [1.29, 1.82) is 0 Å². The Morgan fingerprint density at radius 1 is 1.18 bits per heavy atom. The highest BCUT2D eigenvalue weighted by Gasteiger charge is 2.30. The van der Waals surface area contributed by atoms with E-state index in [2.05, 4.69) is 5.32 Å². The van der Waals surface area contributed by atoms with Gasteiger partial charge in [0.25, 0.3) is 5.91 Å². The molecule has 1 heterocycles. The maximum absolute atomic E-state index is 13.2. The average molecular weight is 401 g/mol. The molecule has 1 aliphatic rings. The summed E-state index contributed by atoms with van der Waals surface area (Å²) in [6.45, 7) is 5.74. The van der Waals surface area contributed by atoms with E-state index in [-0.39, 0.29) is 23.8 Å². The lowest BCUT2D eigenvalue weighted by Gasteiger charge is -2.28. The van der Waals surface area contributed by atoms with Crippen LogP contribution in [0.1, 0.15) is 52.3 Å². The van der Waals surface area contributed by atoms with Crippen LogP contribution in [0, 0.1) is 12.8 Å². The largest absolute Gasteiger partial charge is 0.465 e. The van der Waals surface area contributed by atoms with E-state index in [0.717, 1.165) is 24.1 Å². The minimum absolute atomic E-state index is 0.0239. The van der Waals surface area contributed by atoms with Gasteiger partial charge in [0.2, 0.25) is 5.91 Å². The van der Waals surface area contributed by atoms with E-state index >= 15 is 0 Å². The molecule has 1 fully saturated rings. The molecule has 0 atom stereocenters. The minimum atomic E-state index is -0.411. The van der Waals surface area contributed by atoms with E-state index in [1.54, 1.807) is 35.2 Å². The summed E-state index contributed by atoms with van der Waals surface area (Å²) >= 11 is 1.28. The topological polar surface area (TPSA) is 75.7 Å². The Balaban J connectivity index is 1.84. The molecule has 1 aromatic heterocycles. The van der Waals surface area contributed by atoms with Gasteiger partial charge in [-0.1, -0.05) is 0 Å². The molecule has 0 spiro atoms. The molecule has 0 aliphatic heterocycles. The number of amides is 2. The van der Waals surface area contributed by atoms with Crippen LogP contribution in [0.3, 0.4) is 0 Å². The number of carbonyl (C=O) groups excluding carboxylic acids is 3. The van der Waals surface area contributed by atoms with Crippen molar-refractivity contribution in [2.24, 2.45) is 5.92 Å². The maximum Gasteiger partial charge on any atom is 0.337 e. The summed E-state index contributed by atoms with van der Waals surface area (Å²) in [6, 6.07) is 8.57. The molecule has 1 aliphatic carbocycles. The van der Waals surface area contributed by atoms with E-state index in [0.29, 0.717) is 15.4 Å². The second-order valence-corrected chi connectivity index (χ2v) is 8.27. The number of hydrogen-bond acceptors (Lipinski definition) is 5. The van der Waals surface area contributed by atoms with Crippen LogP contribution < -0.4 is 10.2 Å². The zero-order valence-electron chi connectivity index (χ0n) is 16.4. The minimum Gasteiger partial charge on any atom is -0.465 e. The number of rotatable bonds is 6. The van der Waals surface area contributed by atoms with Gasteiger partial charge < -0.3 is 15.0 Å². The zero-order valence-corrected chi connectivity index (χ0v) is 17.3. The summed E-state index contributed by atoms with van der Waals surface area (Å²) in [5.74, 6) is -0.410. The molecule has 148 valence electrons. The fraction of sp³-hybridized carbons (Fsp3) is 0.381. The Morgan fingerprint density at radius 2 is 1.89 bits per heavy atom. The van der Waals surface area contributed by atoms with E-state index < -0.39 is 5.97 Å². The zero-order chi connectivity index (χ0) is 20.4. The predicted molar refractivity (Wildman–Crippen MR) is 110 cm³/mol. The highest BCUT2D eigenvalue weighted by atomic mass is 32.1. The highest BCUT2D eigenvalue weighted by molar-refractivity contribution is 7.18. The van der Waals surface area contributed by atoms with Crippen molar-refractivity contribution >= 4 is 39.8 Å². The van der Waals surface area contributed by atoms with Crippen molar-refractivity contribution in [2.75, 3.05) is 17.3 Å². The van der Waals surface area contributed by atoms with Crippen LogP contribution in [0.5, 0.6) is 0 Å². The molecular formula is C21H24N2O4S. The number of benzene rings is 1. The van der Waals surface area contributed by atoms with Crippen LogP contribution in [0.4, 0.5) is 10.7 Å². The molecule has 1 N–H and O–H groups in total. The fourth-order valence-corrected chi connectivity index (χ4v) is 3.85. The van der Waals surface area contributed by atoms with Crippen LogP contribution in [-0.4, -0.2) is 30.9 Å². The number of methoxy groups -OCH3 is 1. The van der Waals surface area contributed by atoms with E-state index in [1.165, 1.54) is 18.4 Å². The smallest absolute Gasteiger partial charge is 0.337 e. The summed E-state index contributed by atoms with van der Waals surface area (Å²) in [6.07, 6.45) is 1.87. The number of nitrogens with one attached hydrogen (secondary N) is 1. The van der Waals surface area contributed by atoms with Crippen molar-refractivity contribution in [3.63, 3.8) is 0 Å². The van der Waals surface area contributed by atoms with Crippen LogP contribution in [-0.2, 0) is 9.53 Å². The first-order valence-corrected chi connectivity index (χ1v) is 10.1. The van der Waals surface area contributed by atoms with Crippen LogP contribution >= 0.6 is 11.3 Å². The third-order valence-corrected chi connectivity index (χ3v) is 5.61. The first-order valence-electron chi connectivity index (χ1n) is 9.25. The lowest BCUT2D eigenvalue weighted by atomic mass is 10.1. The van der Waals surface area contributed by atoms with E-state index in [1.807, 2.05) is 20.8 Å². The van der Waals surface area contributed by atoms with Crippen molar-refractivity contribution in [3.05, 3.63) is 46.3 Å². The molecule has 6 nitrogen and oxygen atoms in total. The standard InChI is InChI=1S/C21H24N2O4S/c1-12(2)23(16-8-7-15(11-13(16)3)21(26)27-4)20(25)17-9-10-18(28-17)22-19(24)14-5-6-14/h7-12,14H,5-6H2,1-4H3,(H,22,24). The quantitative estimate of drug-likeness (QED) is 0.736. The monoisotopic (exact) mass is 400 g/mol. The Morgan fingerprint density at radius 3 is 2.46 bits per heavy atom. The van der Waals surface area contributed by atoms with Gasteiger partial charge in [0.1, 0.15) is 0 Å². The van der Waals surface area contributed by atoms with Gasteiger partial charge in [0.05, 0.1) is 22.6 Å². The Hall–Kier alpha value is -2.67. The third kappa shape index (κ3) is 4.25. The second-order valence-electron chi connectivity index (χ2n) is 7.19. The van der Waals surface area contributed by atoms with Crippen LogP contribution in [0.25, 0.3) is 0 Å². The number of ether oxygens (including phenoxy) is 1. The number of esters is 1. The van der Waals surface area contributed by atoms with Crippen LogP contribution in [0.15, 0.2) is 30.3 Å². The Labute approximate surface area is 168 Å².